The van der Waals surface area contributed by atoms with Gasteiger partial charge in [-0.3, -0.25) is 15.5 Å². The van der Waals surface area contributed by atoms with Gasteiger partial charge in [0.15, 0.2) is 5.82 Å². The Hall–Kier alpha value is -2.68. The summed E-state index contributed by atoms with van der Waals surface area (Å²) in [5.41, 5.74) is 8.46. The van der Waals surface area contributed by atoms with Crippen molar-refractivity contribution in [1.29, 1.82) is 0 Å². The molecule has 8 heteroatoms. The molecule has 2 aromatic heterocycles. The molecular formula is C19H22FN7. The average molecular weight is 367 g/mol. The molecule has 140 valence electrons. The minimum atomic E-state index is -0.211. The number of halogens is 1. The van der Waals surface area contributed by atoms with Crippen LogP contribution in [0.25, 0.3) is 11.4 Å². The molecule has 0 saturated carbocycles. The van der Waals surface area contributed by atoms with Crippen LogP contribution in [0.1, 0.15) is 17.4 Å². The molecular weight excluding hydrogens is 345 g/mol. The lowest BCUT2D eigenvalue weighted by Crippen LogP contribution is -2.30. The molecule has 2 atom stereocenters. The largest absolute Gasteiger partial charge is 0.316 e. The molecule has 7 nitrogen and oxygen atoms in total. The van der Waals surface area contributed by atoms with E-state index in [9.17, 15) is 4.39 Å². The smallest absolute Gasteiger partial charge is 0.182 e. The number of H-pyrrole nitrogens is 1. The topological polar surface area (TPSA) is 90.5 Å². The zero-order valence-corrected chi connectivity index (χ0v) is 14.8. The van der Waals surface area contributed by atoms with Crippen molar-refractivity contribution in [3.05, 3.63) is 66.0 Å². The van der Waals surface area contributed by atoms with Gasteiger partial charge in [0.2, 0.25) is 0 Å². The molecule has 4 N–H and O–H groups in total. The number of pyridine rings is 1. The molecule has 1 aromatic carbocycles. The van der Waals surface area contributed by atoms with E-state index >= 15 is 0 Å². The van der Waals surface area contributed by atoms with Crippen LogP contribution in [-0.2, 0) is 6.42 Å². The lowest BCUT2D eigenvalue weighted by molar-refractivity contribution is 0.442. The fraction of sp³-hybridized carbons (Fsp3) is 0.316. The average Bonchev–Trinajstić information content (AvgIpc) is 3.36. The van der Waals surface area contributed by atoms with E-state index in [1.54, 1.807) is 12.4 Å². The van der Waals surface area contributed by atoms with Crippen molar-refractivity contribution in [2.75, 3.05) is 19.6 Å². The molecule has 0 bridgehead atoms. The zero-order valence-electron chi connectivity index (χ0n) is 14.8. The number of nitrogens with zero attached hydrogens (tertiary/aromatic N) is 3. The summed E-state index contributed by atoms with van der Waals surface area (Å²) in [6.45, 7) is 2.52. The molecule has 0 spiro atoms. The number of aromatic amines is 1. The van der Waals surface area contributed by atoms with Gasteiger partial charge in [-0.2, -0.15) is 5.10 Å². The fourth-order valence-corrected chi connectivity index (χ4v) is 3.28. The van der Waals surface area contributed by atoms with E-state index in [0.717, 1.165) is 43.0 Å². The molecule has 0 aliphatic carbocycles. The van der Waals surface area contributed by atoms with Crippen molar-refractivity contribution in [2.24, 2.45) is 5.92 Å². The van der Waals surface area contributed by atoms with Gasteiger partial charge >= 0.3 is 0 Å². The number of hydrogen-bond donors (Lipinski definition) is 4. The third-order valence-electron chi connectivity index (χ3n) is 4.72. The monoisotopic (exact) mass is 367 g/mol. The first kappa shape index (κ1) is 17.7. The summed E-state index contributed by atoms with van der Waals surface area (Å²) in [4.78, 5) is 8.60. The maximum atomic E-state index is 13.1. The first-order valence-corrected chi connectivity index (χ1v) is 9.06. The van der Waals surface area contributed by atoms with Crippen LogP contribution in [0, 0.1) is 11.7 Å². The van der Waals surface area contributed by atoms with Crippen molar-refractivity contribution in [3.63, 3.8) is 0 Å². The van der Waals surface area contributed by atoms with Crippen molar-refractivity contribution in [1.82, 2.24) is 36.3 Å². The van der Waals surface area contributed by atoms with Gasteiger partial charge in [-0.05, 0) is 29.8 Å². The second-order valence-electron chi connectivity index (χ2n) is 6.62. The Morgan fingerprint density at radius 3 is 2.89 bits per heavy atom. The fourth-order valence-electron chi connectivity index (χ4n) is 3.28. The van der Waals surface area contributed by atoms with Crippen molar-refractivity contribution in [2.45, 2.75) is 12.5 Å². The van der Waals surface area contributed by atoms with Crippen LogP contribution >= 0.6 is 0 Å². The Labute approximate surface area is 156 Å². The Kier molecular flexibility index (Phi) is 5.47. The van der Waals surface area contributed by atoms with Crippen LogP contribution < -0.4 is 16.2 Å². The molecule has 4 rings (SSSR count). The van der Waals surface area contributed by atoms with Crippen LogP contribution in [0.15, 0.2) is 48.8 Å². The third-order valence-corrected chi connectivity index (χ3v) is 4.72. The van der Waals surface area contributed by atoms with E-state index < -0.39 is 0 Å². The van der Waals surface area contributed by atoms with Crippen LogP contribution in [0.4, 0.5) is 4.39 Å². The Morgan fingerprint density at radius 2 is 2.07 bits per heavy atom. The molecule has 3 aromatic rings. The molecule has 1 aliphatic heterocycles. The second-order valence-corrected chi connectivity index (χ2v) is 6.62. The van der Waals surface area contributed by atoms with Gasteiger partial charge in [0, 0.05) is 49.9 Å². The lowest BCUT2D eigenvalue weighted by atomic mass is 9.95. The van der Waals surface area contributed by atoms with Crippen LogP contribution in [0.3, 0.4) is 0 Å². The predicted molar refractivity (Wildman–Crippen MR) is 100.0 cm³/mol. The highest BCUT2D eigenvalue weighted by Crippen LogP contribution is 2.24. The number of nitrogens with one attached hydrogen (secondary N) is 4. The molecule has 2 unspecified atom stereocenters. The van der Waals surface area contributed by atoms with E-state index in [-0.39, 0.29) is 11.9 Å². The normalized spacial score (nSPS) is 19.4. The van der Waals surface area contributed by atoms with Gasteiger partial charge in [0.25, 0.3) is 0 Å². The second kappa shape index (κ2) is 8.34. The summed E-state index contributed by atoms with van der Waals surface area (Å²) in [6.07, 6.45) is 4.25. The number of hydrogen-bond acceptors (Lipinski definition) is 6. The van der Waals surface area contributed by atoms with Crippen molar-refractivity contribution < 1.29 is 4.39 Å². The molecule has 0 radical (unpaired) electrons. The van der Waals surface area contributed by atoms with Gasteiger partial charge in [-0.15, -0.1) is 0 Å². The first-order valence-electron chi connectivity index (χ1n) is 9.06. The van der Waals surface area contributed by atoms with Gasteiger partial charge < -0.3 is 5.32 Å². The summed E-state index contributed by atoms with van der Waals surface area (Å²) >= 11 is 0. The first-order chi connectivity index (χ1) is 13.3. The van der Waals surface area contributed by atoms with Crippen LogP contribution in [-0.4, -0.2) is 39.8 Å². The summed E-state index contributed by atoms with van der Waals surface area (Å²) in [5.74, 6) is 1.69. The number of aromatic nitrogens is 4. The summed E-state index contributed by atoms with van der Waals surface area (Å²) in [5, 5.41) is 10.7. The summed E-state index contributed by atoms with van der Waals surface area (Å²) < 4.78 is 13.1. The minimum absolute atomic E-state index is 0.167. The van der Waals surface area contributed by atoms with E-state index in [4.69, 9.17) is 0 Å². The number of rotatable bonds is 7. The Morgan fingerprint density at radius 1 is 1.19 bits per heavy atom. The van der Waals surface area contributed by atoms with Crippen molar-refractivity contribution >= 4 is 0 Å². The minimum Gasteiger partial charge on any atom is -0.316 e. The van der Waals surface area contributed by atoms with Crippen LogP contribution in [0.2, 0.25) is 0 Å². The molecule has 1 aliphatic rings. The summed E-state index contributed by atoms with van der Waals surface area (Å²) in [6, 6.07) is 10.7. The Bertz CT molecular complexity index is 850. The third kappa shape index (κ3) is 4.36. The molecule has 0 amide bonds. The highest BCUT2D eigenvalue weighted by Gasteiger charge is 2.27. The summed E-state index contributed by atoms with van der Waals surface area (Å²) in [7, 11) is 0. The highest BCUT2D eigenvalue weighted by atomic mass is 19.1. The van der Waals surface area contributed by atoms with Crippen LogP contribution in [0.5, 0.6) is 0 Å². The molecule has 1 fully saturated rings. The Balaban J connectivity index is 1.26. The van der Waals surface area contributed by atoms with E-state index in [1.165, 1.54) is 12.1 Å². The van der Waals surface area contributed by atoms with E-state index in [0.29, 0.717) is 11.7 Å². The van der Waals surface area contributed by atoms with E-state index in [1.807, 2.05) is 24.3 Å². The number of hydrazine groups is 1. The maximum Gasteiger partial charge on any atom is 0.182 e. The lowest BCUT2D eigenvalue weighted by Gasteiger charge is -2.19. The molecule has 1 saturated heterocycles. The zero-order chi connectivity index (χ0) is 18.5. The van der Waals surface area contributed by atoms with E-state index in [2.05, 4.69) is 36.3 Å². The predicted octanol–water partition coefficient (Wildman–Crippen LogP) is 1.60. The highest BCUT2D eigenvalue weighted by molar-refractivity contribution is 5.52. The van der Waals surface area contributed by atoms with Gasteiger partial charge in [0.1, 0.15) is 11.6 Å². The maximum absolute atomic E-state index is 13.1. The van der Waals surface area contributed by atoms with Crippen molar-refractivity contribution in [3.8, 4) is 11.4 Å². The van der Waals surface area contributed by atoms with Gasteiger partial charge in [-0.25, -0.2) is 14.8 Å². The number of benzene rings is 1. The SMILES string of the molecule is Fc1ccc(C2NNCC2CNCCc2nc(-c3cccnc3)n[nH]2)cc1. The molecule has 27 heavy (non-hydrogen) atoms. The standard InChI is InChI=1S/C19H22FN7/c20-16-5-3-13(4-6-16)18-15(12-23-26-18)11-22-9-7-17-24-19(27-25-17)14-2-1-8-21-10-14/h1-6,8,10,15,18,22-23,26H,7,9,11-12H2,(H,24,25,27). The quantitative estimate of drug-likeness (QED) is 0.474. The van der Waals surface area contributed by atoms with Gasteiger partial charge in [0.05, 0.1) is 6.04 Å². The molecule has 3 heterocycles. The van der Waals surface area contributed by atoms with Gasteiger partial charge in [-0.1, -0.05) is 12.1 Å².